The molecule has 1 aliphatic rings. The van der Waals surface area contributed by atoms with Crippen molar-refractivity contribution in [3.8, 4) is 22.3 Å². The number of piperazine rings is 1. The van der Waals surface area contributed by atoms with Crippen molar-refractivity contribution in [2.75, 3.05) is 26.2 Å². The van der Waals surface area contributed by atoms with Gasteiger partial charge in [-0.15, -0.1) is 0 Å². The van der Waals surface area contributed by atoms with E-state index in [0.29, 0.717) is 13.1 Å². The minimum Gasteiger partial charge on any atom is -0.320 e. The quantitative estimate of drug-likeness (QED) is 0.465. The van der Waals surface area contributed by atoms with Gasteiger partial charge in [0.05, 0.1) is 6.20 Å². The lowest BCUT2D eigenvalue weighted by atomic mass is 10.0. The number of benzene rings is 3. The molecule has 3 aromatic carbocycles. The zero-order valence-corrected chi connectivity index (χ0v) is 18.0. The van der Waals surface area contributed by atoms with Crippen LogP contribution in [0, 0.1) is 0 Å². The van der Waals surface area contributed by atoms with Crippen molar-refractivity contribution < 1.29 is 4.79 Å². The predicted octanol–water partition coefficient (Wildman–Crippen LogP) is 5.00. The highest BCUT2D eigenvalue weighted by atomic mass is 16.2. The van der Waals surface area contributed by atoms with E-state index in [-0.39, 0.29) is 6.03 Å². The second kappa shape index (κ2) is 9.20. The van der Waals surface area contributed by atoms with Crippen molar-refractivity contribution >= 4 is 6.03 Å². The summed E-state index contributed by atoms with van der Waals surface area (Å²) < 4.78 is 1.46. The Labute approximate surface area is 188 Å². The van der Waals surface area contributed by atoms with E-state index in [0.717, 1.165) is 30.8 Å². The number of hydrogen-bond donors (Lipinski definition) is 0. The Hall–Kier alpha value is -3.70. The summed E-state index contributed by atoms with van der Waals surface area (Å²) in [6, 6.07) is 29.2. The van der Waals surface area contributed by atoms with Crippen LogP contribution in [0.1, 0.15) is 5.56 Å². The van der Waals surface area contributed by atoms with Crippen LogP contribution in [0.3, 0.4) is 0 Å². The Morgan fingerprint density at radius 2 is 1.25 bits per heavy atom. The predicted molar refractivity (Wildman–Crippen MR) is 127 cm³/mol. The van der Waals surface area contributed by atoms with Crippen LogP contribution in [0.25, 0.3) is 22.3 Å². The van der Waals surface area contributed by atoms with Gasteiger partial charge in [0, 0.05) is 44.5 Å². The van der Waals surface area contributed by atoms with Gasteiger partial charge in [-0.05, 0) is 22.3 Å². The fourth-order valence-electron chi connectivity index (χ4n) is 4.14. The Bertz CT molecular complexity index is 1160. The lowest BCUT2D eigenvalue weighted by molar-refractivity contribution is 0.134. The molecule has 2 heterocycles. The van der Waals surface area contributed by atoms with Crippen molar-refractivity contribution in [1.82, 2.24) is 19.6 Å². The van der Waals surface area contributed by atoms with E-state index in [1.54, 1.807) is 6.20 Å². The fourth-order valence-corrected chi connectivity index (χ4v) is 4.14. The third-order valence-corrected chi connectivity index (χ3v) is 6.00. The molecule has 1 saturated heterocycles. The van der Waals surface area contributed by atoms with E-state index in [1.807, 2.05) is 47.5 Å². The highest BCUT2D eigenvalue weighted by Crippen LogP contribution is 2.21. The monoisotopic (exact) mass is 422 g/mol. The number of amides is 1. The van der Waals surface area contributed by atoms with Gasteiger partial charge in [0.15, 0.2) is 0 Å². The Balaban J connectivity index is 1.16. The van der Waals surface area contributed by atoms with Gasteiger partial charge in [-0.3, -0.25) is 4.90 Å². The van der Waals surface area contributed by atoms with E-state index in [2.05, 4.69) is 58.5 Å². The Kier molecular flexibility index (Phi) is 5.81. The van der Waals surface area contributed by atoms with Crippen LogP contribution >= 0.6 is 0 Å². The summed E-state index contributed by atoms with van der Waals surface area (Å²) in [7, 11) is 0. The molecule has 5 rings (SSSR count). The first kappa shape index (κ1) is 20.2. The molecular formula is C27H26N4O. The van der Waals surface area contributed by atoms with Crippen LogP contribution in [0.2, 0.25) is 0 Å². The molecule has 160 valence electrons. The zero-order chi connectivity index (χ0) is 21.8. The van der Waals surface area contributed by atoms with Gasteiger partial charge in [0.1, 0.15) is 0 Å². The zero-order valence-electron chi connectivity index (χ0n) is 18.0. The second-order valence-corrected chi connectivity index (χ2v) is 8.15. The molecule has 0 spiro atoms. The minimum atomic E-state index is -0.0564. The van der Waals surface area contributed by atoms with Crippen LogP contribution in [-0.2, 0) is 6.54 Å². The minimum absolute atomic E-state index is 0.0564. The van der Waals surface area contributed by atoms with Gasteiger partial charge in [0.2, 0.25) is 0 Å². The summed E-state index contributed by atoms with van der Waals surface area (Å²) in [5.41, 5.74) is 5.79. The number of hydrogen-bond acceptors (Lipinski definition) is 3. The Morgan fingerprint density at radius 3 is 1.88 bits per heavy atom. The maximum Gasteiger partial charge on any atom is 0.344 e. The largest absolute Gasteiger partial charge is 0.344 e. The third-order valence-electron chi connectivity index (χ3n) is 6.00. The Morgan fingerprint density at radius 1 is 0.688 bits per heavy atom. The summed E-state index contributed by atoms with van der Waals surface area (Å²) in [6.45, 7) is 4.04. The van der Waals surface area contributed by atoms with E-state index in [4.69, 9.17) is 0 Å². The highest BCUT2D eigenvalue weighted by Gasteiger charge is 2.23. The maximum atomic E-state index is 12.9. The number of nitrogens with zero attached hydrogens (tertiary/aromatic N) is 4. The molecule has 1 fully saturated rings. The molecule has 0 N–H and O–H groups in total. The van der Waals surface area contributed by atoms with Crippen LogP contribution < -0.4 is 0 Å². The van der Waals surface area contributed by atoms with Gasteiger partial charge < -0.3 is 4.90 Å². The molecular weight excluding hydrogens is 396 g/mol. The molecule has 0 atom stereocenters. The summed E-state index contributed by atoms with van der Waals surface area (Å²) in [4.78, 5) is 17.2. The fraction of sp³-hybridized carbons (Fsp3) is 0.185. The molecule has 32 heavy (non-hydrogen) atoms. The molecule has 0 saturated carbocycles. The van der Waals surface area contributed by atoms with E-state index >= 15 is 0 Å². The van der Waals surface area contributed by atoms with Gasteiger partial charge in [0.25, 0.3) is 0 Å². The van der Waals surface area contributed by atoms with E-state index in [9.17, 15) is 4.79 Å². The number of carbonyl (C=O) groups excluding carboxylic acids is 1. The van der Waals surface area contributed by atoms with Gasteiger partial charge in [-0.1, -0.05) is 84.9 Å². The summed E-state index contributed by atoms with van der Waals surface area (Å²) in [6.07, 6.45) is 3.57. The molecule has 4 aromatic rings. The first-order valence-corrected chi connectivity index (χ1v) is 11.0. The highest BCUT2D eigenvalue weighted by molar-refractivity contribution is 5.77. The molecule has 5 heteroatoms. The lowest BCUT2D eigenvalue weighted by Crippen LogP contribution is -2.49. The first-order valence-electron chi connectivity index (χ1n) is 11.0. The van der Waals surface area contributed by atoms with Crippen LogP contribution in [0.5, 0.6) is 0 Å². The van der Waals surface area contributed by atoms with Crippen LogP contribution in [0.4, 0.5) is 4.79 Å². The molecule has 1 aromatic heterocycles. The van der Waals surface area contributed by atoms with Gasteiger partial charge in [-0.2, -0.15) is 9.78 Å². The van der Waals surface area contributed by atoms with Crippen molar-refractivity contribution in [3.63, 3.8) is 0 Å². The molecule has 1 amide bonds. The smallest absolute Gasteiger partial charge is 0.320 e. The summed E-state index contributed by atoms with van der Waals surface area (Å²) in [5.74, 6) is 0. The number of rotatable bonds is 4. The maximum absolute atomic E-state index is 12.9. The first-order chi connectivity index (χ1) is 15.8. The van der Waals surface area contributed by atoms with Gasteiger partial charge in [-0.25, -0.2) is 4.79 Å². The summed E-state index contributed by atoms with van der Waals surface area (Å²) in [5, 5.41) is 4.30. The van der Waals surface area contributed by atoms with E-state index in [1.165, 1.54) is 21.4 Å². The van der Waals surface area contributed by atoms with Crippen LogP contribution in [-0.4, -0.2) is 51.8 Å². The van der Waals surface area contributed by atoms with Gasteiger partial charge >= 0.3 is 6.03 Å². The molecule has 5 nitrogen and oxygen atoms in total. The molecule has 0 unspecified atom stereocenters. The number of carbonyl (C=O) groups is 1. The SMILES string of the molecule is O=C(N1CCN(Cc2ccc(-c3ccccc3)cc2)CC1)n1cc(-c2ccccc2)cn1. The standard InChI is InChI=1S/C27H26N4O/c32-27(31-21-26(19-28-31)24-9-5-2-6-10-24)30-17-15-29(16-18-30)20-22-11-13-25(14-12-22)23-7-3-1-4-8-23/h1-14,19,21H,15-18,20H2. The van der Waals surface area contributed by atoms with Crippen molar-refractivity contribution in [2.45, 2.75) is 6.54 Å². The third kappa shape index (κ3) is 4.48. The number of aromatic nitrogens is 2. The second-order valence-electron chi connectivity index (χ2n) is 8.15. The van der Waals surface area contributed by atoms with E-state index < -0.39 is 0 Å². The average molecular weight is 423 g/mol. The molecule has 1 aliphatic heterocycles. The van der Waals surface area contributed by atoms with Crippen molar-refractivity contribution in [2.24, 2.45) is 0 Å². The molecule has 0 bridgehead atoms. The summed E-state index contributed by atoms with van der Waals surface area (Å²) >= 11 is 0. The van der Waals surface area contributed by atoms with Crippen molar-refractivity contribution in [1.29, 1.82) is 0 Å². The average Bonchev–Trinajstić information content (AvgIpc) is 3.36. The lowest BCUT2D eigenvalue weighted by Gasteiger charge is -2.34. The molecule has 0 aliphatic carbocycles. The van der Waals surface area contributed by atoms with Crippen molar-refractivity contribution in [3.05, 3.63) is 103 Å². The van der Waals surface area contributed by atoms with Crippen LogP contribution in [0.15, 0.2) is 97.3 Å². The molecule has 0 radical (unpaired) electrons. The normalized spacial score (nSPS) is 14.4. The topological polar surface area (TPSA) is 41.4 Å².